The van der Waals surface area contributed by atoms with Gasteiger partial charge in [0.25, 0.3) is 0 Å². The highest BCUT2D eigenvalue weighted by Crippen LogP contribution is 2.36. The van der Waals surface area contributed by atoms with Crippen molar-refractivity contribution in [3.63, 3.8) is 0 Å². The first-order valence-corrected chi connectivity index (χ1v) is 5.07. The second-order valence-electron chi connectivity index (χ2n) is 3.88. The Labute approximate surface area is 76.4 Å². The summed E-state index contributed by atoms with van der Waals surface area (Å²) in [5.74, 6) is 2.30. The molecule has 3 atom stereocenters. The lowest BCUT2D eigenvalue weighted by Crippen LogP contribution is -2.23. The summed E-state index contributed by atoms with van der Waals surface area (Å²) in [7, 11) is 0. The van der Waals surface area contributed by atoms with E-state index >= 15 is 0 Å². The van der Waals surface area contributed by atoms with Gasteiger partial charge in [-0.05, 0) is 24.2 Å². The average Bonchev–Trinajstić information content (AvgIpc) is 2.08. The number of hydrogen-bond donors (Lipinski definition) is 0. The van der Waals surface area contributed by atoms with Crippen molar-refractivity contribution in [2.75, 3.05) is 0 Å². The first kappa shape index (κ1) is 9.57. The van der Waals surface area contributed by atoms with Crippen molar-refractivity contribution in [3.05, 3.63) is 24.3 Å². The predicted octanol–water partition coefficient (Wildman–Crippen LogP) is 3.80. The van der Waals surface area contributed by atoms with E-state index in [2.05, 4.69) is 39.5 Å². The highest BCUT2D eigenvalue weighted by Gasteiger charge is 2.26. The van der Waals surface area contributed by atoms with Crippen LogP contribution < -0.4 is 0 Å². The van der Waals surface area contributed by atoms with Gasteiger partial charge in [-0.25, -0.2) is 0 Å². The van der Waals surface area contributed by atoms with Crippen molar-refractivity contribution in [1.29, 1.82) is 0 Å². The molecule has 0 aromatic rings. The summed E-state index contributed by atoms with van der Waals surface area (Å²) in [6.45, 7) is 11.0. The molecule has 0 nitrogen and oxygen atoms in total. The maximum atomic E-state index is 4.11. The van der Waals surface area contributed by atoms with Crippen LogP contribution in [-0.2, 0) is 0 Å². The fourth-order valence-corrected chi connectivity index (χ4v) is 2.40. The average molecular weight is 164 g/mol. The molecular formula is C12H20. The Morgan fingerprint density at radius 1 is 1.33 bits per heavy atom. The molecular weight excluding hydrogens is 144 g/mol. The van der Waals surface area contributed by atoms with Gasteiger partial charge < -0.3 is 0 Å². The molecule has 0 heterocycles. The topological polar surface area (TPSA) is 0 Å². The Morgan fingerprint density at radius 3 is 2.42 bits per heavy atom. The summed E-state index contributed by atoms with van der Waals surface area (Å²) >= 11 is 0. The highest BCUT2D eigenvalue weighted by molar-refractivity contribution is 5.23. The number of allylic oxidation sites excluding steroid dienone is 3. The standard InChI is InChI=1S/C12H20/c1-5-11-9(3)7-8-10(4)12(11)6-2/h7-8,10-12H,3,5-6H2,1-2,4H3. The van der Waals surface area contributed by atoms with E-state index < -0.39 is 0 Å². The van der Waals surface area contributed by atoms with Crippen molar-refractivity contribution >= 4 is 0 Å². The van der Waals surface area contributed by atoms with Crippen LogP contribution in [0, 0.1) is 17.8 Å². The molecule has 0 saturated carbocycles. The first-order chi connectivity index (χ1) is 5.70. The molecule has 0 bridgehead atoms. The summed E-state index contributed by atoms with van der Waals surface area (Å²) in [4.78, 5) is 0. The predicted molar refractivity (Wildman–Crippen MR) is 55.0 cm³/mol. The molecule has 0 aliphatic heterocycles. The molecule has 0 aromatic carbocycles. The Morgan fingerprint density at radius 2 is 2.00 bits per heavy atom. The third kappa shape index (κ3) is 1.63. The smallest absolute Gasteiger partial charge is 0.0137 e. The minimum atomic E-state index is 0.731. The molecule has 0 saturated heterocycles. The minimum absolute atomic E-state index is 0.731. The third-order valence-electron chi connectivity index (χ3n) is 3.19. The van der Waals surface area contributed by atoms with Crippen LogP contribution in [0.2, 0.25) is 0 Å². The van der Waals surface area contributed by atoms with Crippen molar-refractivity contribution in [2.45, 2.75) is 33.6 Å². The molecule has 3 unspecified atom stereocenters. The lowest BCUT2D eigenvalue weighted by molar-refractivity contribution is 0.286. The van der Waals surface area contributed by atoms with E-state index in [4.69, 9.17) is 0 Å². The molecule has 0 amide bonds. The van der Waals surface area contributed by atoms with Crippen LogP contribution in [0.1, 0.15) is 33.6 Å². The third-order valence-corrected chi connectivity index (χ3v) is 3.19. The van der Waals surface area contributed by atoms with Gasteiger partial charge in [0.05, 0.1) is 0 Å². The fourth-order valence-electron chi connectivity index (χ4n) is 2.40. The number of hydrogen-bond acceptors (Lipinski definition) is 0. The molecule has 1 aliphatic carbocycles. The van der Waals surface area contributed by atoms with E-state index in [1.807, 2.05) is 0 Å². The van der Waals surface area contributed by atoms with Gasteiger partial charge in [-0.1, -0.05) is 51.5 Å². The monoisotopic (exact) mass is 164 g/mol. The Bertz CT molecular complexity index is 188. The molecule has 0 aromatic heterocycles. The largest absolute Gasteiger partial charge is 0.0955 e. The maximum Gasteiger partial charge on any atom is -0.0137 e. The molecule has 68 valence electrons. The lowest BCUT2D eigenvalue weighted by atomic mass is 9.72. The molecule has 12 heavy (non-hydrogen) atoms. The lowest BCUT2D eigenvalue weighted by Gasteiger charge is -2.33. The van der Waals surface area contributed by atoms with E-state index in [-0.39, 0.29) is 0 Å². The van der Waals surface area contributed by atoms with E-state index in [0.29, 0.717) is 0 Å². The van der Waals surface area contributed by atoms with Crippen LogP contribution >= 0.6 is 0 Å². The van der Waals surface area contributed by atoms with Gasteiger partial charge in [-0.2, -0.15) is 0 Å². The Kier molecular flexibility index (Phi) is 3.13. The van der Waals surface area contributed by atoms with Gasteiger partial charge in [-0.3, -0.25) is 0 Å². The van der Waals surface area contributed by atoms with Crippen LogP contribution in [0.15, 0.2) is 24.3 Å². The van der Waals surface area contributed by atoms with Gasteiger partial charge in [0.1, 0.15) is 0 Å². The zero-order valence-corrected chi connectivity index (χ0v) is 8.51. The zero-order chi connectivity index (χ0) is 9.14. The van der Waals surface area contributed by atoms with Crippen LogP contribution in [0.4, 0.5) is 0 Å². The van der Waals surface area contributed by atoms with Crippen molar-refractivity contribution in [1.82, 2.24) is 0 Å². The molecule has 0 spiro atoms. The van der Waals surface area contributed by atoms with Crippen LogP contribution in [0.25, 0.3) is 0 Å². The SMILES string of the molecule is C=C1C=CC(C)C(CC)C1CC. The summed E-state index contributed by atoms with van der Waals surface area (Å²) in [6, 6.07) is 0. The van der Waals surface area contributed by atoms with Crippen molar-refractivity contribution in [3.8, 4) is 0 Å². The molecule has 1 rings (SSSR count). The maximum absolute atomic E-state index is 4.11. The summed E-state index contributed by atoms with van der Waals surface area (Å²) < 4.78 is 0. The van der Waals surface area contributed by atoms with Gasteiger partial charge in [0.2, 0.25) is 0 Å². The van der Waals surface area contributed by atoms with E-state index in [1.54, 1.807) is 0 Å². The second kappa shape index (κ2) is 3.93. The molecule has 0 N–H and O–H groups in total. The minimum Gasteiger partial charge on any atom is -0.0955 e. The van der Waals surface area contributed by atoms with Crippen LogP contribution in [0.3, 0.4) is 0 Å². The summed E-state index contributed by atoms with van der Waals surface area (Å²) in [5, 5.41) is 0. The van der Waals surface area contributed by atoms with Gasteiger partial charge >= 0.3 is 0 Å². The van der Waals surface area contributed by atoms with Crippen molar-refractivity contribution in [2.24, 2.45) is 17.8 Å². The summed E-state index contributed by atoms with van der Waals surface area (Å²) in [5.41, 5.74) is 1.34. The van der Waals surface area contributed by atoms with Crippen LogP contribution in [0.5, 0.6) is 0 Å². The molecule has 0 radical (unpaired) electrons. The first-order valence-electron chi connectivity index (χ1n) is 5.07. The van der Waals surface area contributed by atoms with Crippen molar-refractivity contribution < 1.29 is 0 Å². The molecule has 1 aliphatic rings. The highest BCUT2D eigenvalue weighted by atomic mass is 14.3. The van der Waals surface area contributed by atoms with Gasteiger partial charge in [0.15, 0.2) is 0 Å². The van der Waals surface area contributed by atoms with Gasteiger partial charge in [-0.15, -0.1) is 0 Å². The normalized spacial score (nSPS) is 35.6. The Balaban J connectivity index is 2.80. The summed E-state index contributed by atoms with van der Waals surface area (Å²) in [6.07, 6.45) is 7.04. The van der Waals surface area contributed by atoms with Crippen LogP contribution in [-0.4, -0.2) is 0 Å². The fraction of sp³-hybridized carbons (Fsp3) is 0.667. The van der Waals surface area contributed by atoms with Gasteiger partial charge in [0, 0.05) is 0 Å². The number of rotatable bonds is 2. The quantitative estimate of drug-likeness (QED) is 0.582. The molecule has 0 heteroatoms. The second-order valence-corrected chi connectivity index (χ2v) is 3.88. The van der Waals surface area contributed by atoms with E-state index in [1.165, 1.54) is 18.4 Å². The van der Waals surface area contributed by atoms with E-state index in [9.17, 15) is 0 Å². The molecule has 0 fully saturated rings. The Hall–Kier alpha value is -0.520. The zero-order valence-electron chi connectivity index (χ0n) is 8.51. The van der Waals surface area contributed by atoms with E-state index in [0.717, 1.165) is 17.8 Å².